The van der Waals surface area contributed by atoms with Gasteiger partial charge >= 0.3 is 0 Å². The molecule has 0 N–H and O–H groups in total. The van der Waals surface area contributed by atoms with Crippen molar-refractivity contribution in [3.05, 3.63) is 12.2 Å². The highest BCUT2D eigenvalue weighted by Gasteiger charge is 2.20. The van der Waals surface area contributed by atoms with E-state index in [1.165, 1.54) is 25.9 Å². The monoisotopic (exact) mass is 231 g/mol. The fraction of sp³-hybridized carbons (Fsp3) is 0.800. The highest BCUT2D eigenvalue weighted by atomic mass is 79.9. The highest BCUT2D eigenvalue weighted by molar-refractivity contribution is 9.09. The van der Waals surface area contributed by atoms with E-state index in [1.807, 2.05) is 0 Å². The van der Waals surface area contributed by atoms with Crippen molar-refractivity contribution >= 4 is 15.9 Å². The van der Waals surface area contributed by atoms with Crippen LogP contribution in [-0.2, 0) is 0 Å². The molecule has 0 aromatic rings. The molecule has 0 saturated carbocycles. The fourth-order valence-corrected chi connectivity index (χ4v) is 2.37. The van der Waals surface area contributed by atoms with Gasteiger partial charge in [0.2, 0.25) is 0 Å². The van der Waals surface area contributed by atoms with Gasteiger partial charge < -0.3 is 0 Å². The summed E-state index contributed by atoms with van der Waals surface area (Å²) in [7, 11) is 0. The third-order valence-electron chi connectivity index (χ3n) is 2.49. The molecule has 0 bridgehead atoms. The molecule has 0 amide bonds. The van der Waals surface area contributed by atoms with Crippen molar-refractivity contribution in [2.75, 3.05) is 25.0 Å². The van der Waals surface area contributed by atoms with Crippen LogP contribution in [0.4, 0.5) is 0 Å². The zero-order valence-electron chi connectivity index (χ0n) is 7.80. The van der Waals surface area contributed by atoms with Crippen LogP contribution in [0.1, 0.15) is 19.8 Å². The molecule has 1 atom stereocenters. The molecular weight excluding hydrogens is 214 g/mol. The molecule has 1 nitrogen and oxygen atoms in total. The third kappa shape index (κ3) is 3.28. The van der Waals surface area contributed by atoms with Crippen molar-refractivity contribution in [1.29, 1.82) is 0 Å². The van der Waals surface area contributed by atoms with Crippen LogP contribution >= 0.6 is 15.9 Å². The maximum Gasteiger partial charge on any atom is 0.0163 e. The molecule has 0 aromatic heterocycles. The summed E-state index contributed by atoms with van der Waals surface area (Å²) in [5.41, 5.74) is 0. The van der Waals surface area contributed by atoms with E-state index in [0.29, 0.717) is 0 Å². The first kappa shape index (κ1) is 10.3. The first-order chi connectivity index (χ1) is 5.86. The van der Waals surface area contributed by atoms with Gasteiger partial charge in [-0.15, -0.1) is 0 Å². The first-order valence-corrected chi connectivity index (χ1v) is 5.88. The molecule has 1 unspecified atom stereocenters. The quantitative estimate of drug-likeness (QED) is 0.532. The fourth-order valence-electron chi connectivity index (χ4n) is 1.72. The van der Waals surface area contributed by atoms with Crippen LogP contribution in [0.5, 0.6) is 0 Å². The van der Waals surface area contributed by atoms with Crippen molar-refractivity contribution in [3.8, 4) is 0 Å². The smallest absolute Gasteiger partial charge is 0.0163 e. The number of hydrogen-bond acceptors (Lipinski definition) is 1. The molecule has 0 radical (unpaired) electrons. The molecule has 0 aliphatic carbocycles. The Balaban J connectivity index is 2.16. The molecule has 1 fully saturated rings. The SMILES string of the molecule is C/C=C/CN1CCC(CCBr)C1. The zero-order valence-corrected chi connectivity index (χ0v) is 9.39. The van der Waals surface area contributed by atoms with Gasteiger partial charge in [0.15, 0.2) is 0 Å². The molecule has 1 rings (SSSR count). The normalized spacial score (nSPS) is 25.7. The zero-order chi connectivity index (χ0) is 8.81. The van der Waals surface area contributed by atoms with E-state index in [-0.39, 0.29) is 0 Å². The second-order valence-corrected chi connectivity index (χ2v) is 4.25. The van der Waals surface area contributed by atoms with Gasteiger partial charge in [0.05, 0.1) is 0 Å². The van der Waals surface area contributed by atoms with E-state index in [1.54, 1.807) is 0 Å². The second-order valence-electron chi connectivity index (χ2n) is 3.46. The van der Waals surface area contributed by atoms with Crippen LogP contribution in [-0.4, -0.2) is 29.9 Å². The number of allylic oxidation sites excluding steroid dienone is 1. The lowest BCUT2D eigenvalue weighted by Gasteiger charge is -2.12. The second kappa shape index (κ2) is 5.76. The average molecular weight is 232 g/mol. The molecule has 0 spiro atoms. The Labute approximate surface area is 84.0 Å². The lowest BCUT2D eigenvalue weighted by molar-refractivity contribution is 0.357. The van der Waals surface area contributed by atoms with Crippen LogP contribution in [0.3, 0.4) is 0 Å². The van der Waals surface area contributed by atoms with Gasteiger partial charge in [0, 0.05) is 18.4 Å². The van der Waals surface area contributed by atoms with E-state index in [4.69, 9.17) is 0 Å². The molecule has 12 heavy (non-hydrogen) atoms. The summed E-state index contributed by atoms with van der Waals surface area (Å²) in [6, 6.07) is 0. The van der Waals surface area contributed by atoms with Gasteiger partial charge in [0.25, 0.3) is 0 Å². The summed E-state index contributed by atoms with van der Waals surface area (Å²) in [5.74, 6) is 0.939. The predicted octanol–water partition coefficient (Wildman–Crippen LogP) is 2.67. The van der Waals surface area contributed by atoms with Crippen molar-refractivity contribution < 1.29 is 0 Å². The highest BCUT2D eigenvalue weighted by Crippen LogP contribution is 2.19. The van der Waals surface area contributed by atoms with Crippen LogP contribution in [0.15, 0.2) is 12.2 Å². The minimum atomic E-state index is 0.939. The number of nitrogens with zero attached hydrogens (tertiary/aromatic N) is 1. The Bertz CT molecular complexity index is 145. The maximum atomic E-state index is 3.50. The number of halogens is 1. The Kier molecular flexibility index (Phi) is 4.93. The maximum absolute atomic E-state index is 3.50. The molecule has 2 heteroatoms. The lowest BCUT2D eigenvalue weighted by atomic mass is 10.1. The Hall–Kier alpha value is 0.180. The van der Waals surface area contributed by atoms with Gasteiger partial charge in [-0.25, -0.2) is 0 Å². The summed E-state index contributed by atoms with van der Waals surface area (Å²) in [6.07, 6.45) is 7.11. The van der Waals surface area contributed by atoms with Gasteiger partial charge in [-0.3, -0.25) is 4.90 Å². The number of alkyl halides is 1. The average Bonchev–Trinajstić information content (AvgIpc) is 2.50. The Morgan fingerprint density at radius 3 is 3.08 bits per heavy atom. The van der Waals surface area contributed by atoms with E-state index >= 15 is 0 Å². The van der Waals surface area contributed by atoms with Gasteiger partial charge in [0.1, 0.15) is 0 Å². The molecule has 70 valence electrons. The van der Waals surface area contributed by atoms with Crippen LogP contribution in [0.25, 0.3) is 0 Å². The van der Waals surface area contributed by atoms with Gasteiger partial charge in [-0.05, 0) is 32.2 Å². The summed E-state index contributed by atoms with van der Waals surface area (Å²) in [4.78, 5) is 2.54. The summed E-state index contributed by atoms with van der Waals surface area (Å²) in [5, 5.41) is 1.16. The van der Waals surface area contributed by atoms with Crippen LogP contribution < -0.4 is 0 Å². The van der Waals surface area contributed by atoms with Crippen molar-refractivity contribution in [1.82, 2.24) is 4.90 Å². The van der Waals surface area contributed by atoms with Crippen LogP contribution in [0, 0.1) is 5.92 Å². The van der Waals surface area contributed by atoms with Gasteiger partial charge in [-0.2, -0.15) is 0 Å². The van der Waals surface area contributed by atoms with E-state index in [2.05, 4.69) is 39.9 Å². The third-order valence-corrected chi connectivity index (χ3v) is 2.94. The van der Waals surface area contributed by atoms with E-state index < -0.39 is 0 Å². The molecular formula is C10H18BrN. The standard InChI is InChI=1S/C10H18BrN/c1-2-3-7-12-8-5-10(9-12)4-6-11/h2-3,10H,4-9H2,1H3/b3-2+. The largest absolute Gasteiger partial charge is 0.299 e. The van der Waals surface area contributed by atoms with Crippen LogP contribution in [0.2, 0.25) is 0 Å². The number of likely N-dealkylation sites (tertiary alicyclic amines) is 1. The predicted molar refractivity (Wildman–Crippen MR) is 57.8 cm³/mol. The van der Waals surface area contributed by atoms with Crippen molar-refractivity contribution in [2.45, 2.75) is 19.8 Å². The molecule has 1 aliphatic heterocycles. The minimum Gasteiger partial charge on any atom is -0.299 e. The Morgan fingerprint density at radius 1 is 1.58 bits per heavy atom. The lowest BCUT2D eigenvalue weighted by Crippen LogP contribution is -2.20. The van der Waals surface area contributed by atoms with Gasteiger partial charge in [-0.1, -0.05) is 28.1 Å². The Morgan fingerprint density at radius 2 is 2.42 bits per heavy atom. The molecule has 1 aliphatic rings. The summed E-state index contributed by atoms with van der Waals surface area (Å²) in [6.45, 7) is 5.83. The topological polar surface area (TPSA) is 3.24 Å². The summed E-state index contributed by atoms with van der Waals surface area (Å²) < 4.78 is 0. The minimum absolute atomic E-state index is 0.939. The van der Waals surface area contributed by atoms with E-state index in [9.17, 15) is 0 Å². The molecule has 1 saturated heterocycles. The van der Waals surface area contributed by atoms with E-state index in [0.717, 1.165) is 17.8 Å². The van der Waals surface area contributed by atoms with Crippen molar-refractivity contribution in [2.24, 2.45) is 5.92 Å². The first-order valence-electron chi connectivity index (χ1n) is 4.76. The number of rotatable bonds is 4. The number of hydrogen-bond donors (Lipinski definition) is 0. The van der Waals surface area contributed by atoms with Crippen molar-refractivity contribution in [3.63, 3.8) is 0 Å². The summed E-state index contributed by atoms with van der Waals surface area (Å²) >= 11 is 3.50. The molecule has 0 aromatic carbocycles. The molecule has 1 heterocycles.